The molecule has 0 aromatic heterocycles. The highest BCUT2D eigenvalue weighted by molar-refractivity contribution is 6.45. The summed E-state index contributed by atoms with van der Waals surface area (Å²) in [5.41, 5.74) is 0. The zero-order valence-electron chi connectivity index (χ0n) is 12.8. The molecular weight excluding hydrogens is 266 g/mol. The molecule has 0 spiro atoms. The second-order valence-corrected chi connectivity index (χ2v) is 3.27. The summed E-state index contributed by atoms with van der Waals surface area (Å²) in [7, 11) is -0.0626. The van der Waals surface area contributed by atoms with Crippen molar-refractivity contribution in [1.82, 2.24) is 0 Å². The van der Waals surface area contributed by atoms with Gasteiger partial charge in [0.25, 0.3) is 0 Å². The maximum atomic E-state index is 5.28. The molecule has 0 atom stereocenters. The van der Waals surface area contributed by atoms with E-state index in [9.17, 15) is 0 Å². The summed E-state index contributed by atoms with van der Waals surface area (Å²) in [6, 6.07) is 7.66. The highest BCUT2D eigenvalue weighted by Gasteiger charge is 2.24. The molecule has 6 heteroatoms. The fourth-order valence-corrected chi connectivity index (χ4v) is 1.23. The molecule has 0 radical (unpaired) electrons. The van der Waals surface area contributed by atoms with E-state index in [4.69, 9.17) is 18.6 Å². The minimum atomic E-state index is -0.127. The Balaban J connectivity index is -0.000000255. The fraction of sp³-hybridized carbons (Fsp3) is 0.600. The average molecular weight is 298 g/mol. The van der Waals surface area contributed by atoms with Crippen molar-refractivity contribution in [2.45, 2.75) is 56.2 Å². The first-order chi connectivity index (χ1) is 9.25. The van der Waals surface area contributed by atoms with Crippen LogP contribution in [-0.4, -0.2) is 21.0 Å². The van der Waals surface area contributed by atoms with Crippen LogP contribution in [0, 0.1) is 0 Å². The van der Waals surface area contributed by atoms with Crippen molar-refractivity contribution < 1.29 is 18.6 Å². The Morgan fingerprint density at radius 2 is 1.10 bits per heavy atom. The molecule has 1 fully saturated rings. The predicted octanol–water partition coefficient (Wildman–Crippen LogP) is 5.01. The topological polar surface area (TPSA) is 36.9 Å². The normalized spacial score (nSPS) is 12.5. The number of hydrogen-bond donors (Lipinski definition) is 0. The lowest BCUT2D eigenvalue weighted by Gasteiger charge is -2.18. The molecule has 4 nitrogen and oxygen atoms in total. The summed E-state index contributed by atoms with van der Waals surface area (Å²) in [6.07, 6.45) is 0. The van der Waals surface area contributed by atoms with Crippen LogP contribution in [0.4, 0.5) is 0 Å². The van der Waals surface area contributed by atoms with Gasteiger partial charge in [-0.15, -0.1) is 0 Å². The zero-order chi connectivity index (χ0) is 14.7. The maximum absolute atomic E-state index is 5.28. The lowest BCUT2D eigenvalue weighted by molar-refractivity contribution is -0.00865. The second-order valence-electron chi connectivity index (χ2n) is 3.27. The molecule has 21 heavy (non-hydrogen) atoms. The molecule has 1 saturated heterocycles. The number of rotatable bonds is 0. The molecule has 0 bridgehead atoms. The molecule has 2 aliphatic heterocycles. The third kappa shape index (κ3) is 9.43. The lowest BCUT2D eigenvalue weighted by atomic mass is 9.94. The van der Waals surface area contributed by atoms with E-state index in [1.165, 1.54) is 0 Å². The van der Waals surface area contributed by atoms with Gasteiger partial charge in [0.15, 0.2) is 0 Å². The minimum Gasteiger partial charge on any atom is -0.523 e. The Kier molecular flexibility index (Phi) is 18.1. The van der Waals surface area contributed by atoms with Gasteiger partial charge in [-0.1, -0.05) is 54.7 Å². The van der Waals surface area contributed by atoms with Crippen LogP contribution in [-0.2, 0) is 9.31 Å². The van der Waals surface area contributed by atoms with Gasteiger partial charge in [-0.05, 0) is 25.8 Å². The summed E-state index contributed by atoms with van der Waals surface area (Å²) in [5, 5.41) is 0. The smallest absolute Gasteiger partial charge is 0.523 e. The van der Waals surface area contributed by atoms with Crippen molar-refractivity contribution in [2.24, 2.45) is 0 Å². The van der Waals surface area contributed by atoms with E-state index >= 15 is 0 Å². The number of para-hydroxylation sites is 2. The zero-order valence-corrected chi connectivity index (χ0v) is 12.8. The molecule has 3 rings (SSSR count). The molecule has 1 aromatic rings. The molecule has 2 heterocycles. The van der Waals surface area contributed by atoms with Gasteiger partial charge in [0.1, 0.15) is 18.3 Å². The highest BCUT2D eigenvalue weighted by Crippen LogP contribution is 2.32. The summed E-state index contributed by atoms with van der Waals surface area (Å²) in [6.45, 7) is 12.2. The summed E-state index contributed by atoms with van der Waals surface area (Å²) < 4.78 is 20.0. The van der Waals surface area contributed by atoms with Crippen molar-refractivity contribution in [1.29, 1.82) is 0 Å². The van der Waals surface area contributed by atoms with Gasteiger partial charge in [0, 0.05) is 0 Å². The maximum Gasteiger partial charge on any atom is 0.591 e. The molecule has 2 aliphatic rings. The number of fused-ring (bicyclic) bond motifs is 1. The molecule has 0 unspecified atom stereocenters. The quantitative estimate of drug-likeness (QED) is 0.631. The van der Waals surface area contributed by atoms with Gasteiger partial charge in [-0.25, -0.2) is 0 Å². The van der Waals surface area contributed by atoms with Crippen LogP contribution >= 0.6 is 0 Å². The molecule has 0 saturated carbocycles. The summed E-state index contributed by atoms with van der Waals surface area (Å²) in [4.78, 5) is 0. The number of benzene rings is 1. The first-order valence-electron chi connectivity index (χ1n) is 6.91. The standard InChI is InChI=1S/C7H7BO2.C2H5BO2.2C2H6.2CH4/c1-8-9-6-4-2-3-5-7(6)10-8;1-3-4-2-5-3;2*1-2;;/h2-5H,1H3;2H2,1H3;2*1-2H3;2*1H4. The van der Waals surface area contributed by atoms with E-state index in [-0.39, 0.29) is 29.1 Å². The van der Waals surface area contributed by atoms with Crippen molar-refractivity contribution in [3.8, 4) is 11.5 Å². The first kappa shape index (κ1) is 24.9. The Bertz CT molecular complexity index is 308. The fourth-order valence-electron chi connectivity index (χ4n) is 1.23. The van der Waals surface area contributed by atoms with Crippen LogP contribution in [0.3, 0.4) is 0 Å². The monoisotopic (exact) mass is 298 g/mol. The van der Waals surface area contributed by atoms with E-state index < -0.39 is 0 Å². The Morgan fingerprint density at radius 3 is 1.33 bits per heavy atom. The number of hydrogen-bond acceptors (Lipinski definition) is 4. The van der Waals surface area contributed by atoms with E-state index in [0.717, 1.165) is 11.5 Å². The predicted molar refractivity (Wildman–Crippen MR) is 94.1 cm³/mol. The van der Waals surface area contributed by atoms with E-state index in [1.807, 2.05) is 65.6 Å². The van der Waals surface area contributed by atoms with Gasteiger partial charge in [0.05, 0.1) is 0 Å². The molecule has 122 valence electrons. The van der Waals surface area contributed by atoms with Gasteiger partial charge < -0.3 is 18.6 Å². The Morgan fingerprint density at radius 1 is 0.762 bits per heavy atom. The third-order valence-corrected chi connectivity index (χ3v) is 2.04. The van der Waals surface area contributed by atoms with Crippen LogP contribution in [0.1, 0.15) is 42.5 Å². The van der Waals surface area contributed by atoms with Crippen LogP contribution in [0.2, 0.25) is 13.6 Å². The summed E-state index contributed by atoms with van der Waals surface area (Å²) in [5.74, 6) is 1.69. The molecular formula is C15H32B2O4. The summed E-state index contributed by atoms with van der Waals surface area (Å²) >= 11 is 0. The first-order valence-corrected chi connectivity index (χ1v) is 6.91. The van der Waals surface area contributed by atoms with Gasteiger partial charge in [-0.2, -0.15) is 0 Å². The van der Waals surface area contributed by atoms with Gasteiger partial charge in [0.2, 0.25) is 0 Å². The molecule has 1 aromatic carbocycles. The van der Waals surface area contributed by atoms with Gasteiger partial charge in [-0.3, -0.25) is 0 Å². The highest BCUT2D eigenvalue weighted by atomic mass is 16.8. The van der Waals surface area contributed by atoms with E-state index in [0.29, 0.717) is 6.79 Å². The molecule has 0 amide bonds. The van der Waals surface area contributed by atoms with Crippen LogP contribution < -0.4 is 9.31 Å². The average Bonchev–Trinajstić information content (AvgIpc) is 2.82. The lowest BCUT2D eigenvalue weighted by Crippen LogP contribution is -2.31. The SMILES string of the molecule is C.C.CB1OCO1.CB1Oc2ccccc2O1.CC.CC. The van der Waals surface area contributed by atoms with E-state index in [2.05, 4.69) is 0 Å². The van der Waals surface area contributed by atoms with Crippen molar-refractivity contribution in [2.75, 3.05) is 6.79 Å². The van der Waals surface area contributed by atoms with Gasteiger partial charge >= 0.3 is 14.2 Å². The largest absolute Gasteiger partial charge is 0.591 e. The third-order valence-electron chi connectivity index (χ3n) is 2.04. The molecule has 0 aliphatic carbocycles. The Labute approximate surface area is 132 Å². The van der Waals surface area contributed by atoms with Crippen LogP contribution in [0.15, 0.2) is 24.3 Å². The Hall–Kier alpha value is -1.13. The van der Waals surface area contributed by atoms with Crippen molar-refractivity contribution >= 4 is 14.2 Å². The van der Waals surface area contributed by atoms with Crippen LogP contribution in [0.5, 0.6) is 11.5 Å². The van der Waals surface area contributed by atoms with Crippen LogP contribution in [0.25, 0.3) is 0 Å². The molecule has 0 N–H and O–H groups in total. The minimum absolute atomic E-state index is 0. The van der Waals surface area contributed by atoms with Crippen molar-refractivity contribution in [3.63, 3.8) is 0 Å². The van der Waals surface area contributed by atoms with Crippen molar-refractivity contribution in [3.05, 3.63) is 24.3 Å². The van der Waals surface area contributed by atoms with E-state index in [1.54, 1.807) is 0 Å². The second kappa shape index (κ2) is 15.3.